The van der Waals surface area contributed by atoms with Crippen molar-refractivity contribution in [1.29, 1.82) is 0 Å². The third-order valence-electron chi connectivity index (χ3n) is 16.8. The Balaban J connectivity index is 0.986. The fourth-order valence-corrected chi connectivity index (χ4v) is 13.5. The van der Waals surface area contributed by atoms with Crippen molar-refractivity contribution in [2.24, 2.45) is 0 Å². The minimum Gasteiger partial charge on any atom is -0.456 e. The van der Waals surface area contributed by atoms with E-state index in [2.05, 4.69) is 318 Å². The molecule has 0 atom stereocenters. The second-order valence-electron chi connectivity index (χ2n) is 21.1. The van der Waals surface area contributed by atoms with Crippen LogP contribution < -0.4 is 9.80 Å². The molecule has 0 aliphatic heterocycles. The number of benzene rings is 13. The molecule has 1 aliphatic carbocycles. The fourth-order valence-electron chi connectivity index (χ4n) is 13.5. The quantitative estimate of drug-likeness (QED) is 0.136. The summed E-state index contributed by atoms with van der Waals surface area (Å²) in [5.41, 5.74) is 20.6. The lowest BCUT2D eigenvalue weighted by atomic mass is 9.68. The molecule has 15 aromatic rings. The lowest BCUT2D eigenvalue weighted by Crippen LogP contribution is -2.28. The summed E-state index contributed by atoms with van der Waals surface area (Å²) in [5, 5.41) is 6.90. The van der Waals surface area contributed by atoms with E-state index in [0.717, 1.165) is 78.4 Å². The zero-order valence-corrected chi connectivity index (χ0v) is 44.2. The summed E-state index contributed by atoms with van der Waals surface area (Å²) in [5.74, 6) is 0. The highest BCUT2D eigenvalue weighted by atomic mass is 16.3. The Morgan fingerprint density at radius 3 is 1.57 bits per heavy atom. The maximum atomic E-state index is 6.60. The highest BCUT2D eigenvalue weighted by Gasteiger charge is 2.46. The fraction of sp³-hybridized carbons (Fsp3) is 0.0130. The van der Waals surface area contributed by atoms with Crippen molar-refractivity contribution in [3.05, 3.63) is 332 Å². The number of nitrogens with zero attached hydrogens (tertiary/aromatic N) is 3. The molecule has 0 saturated carbocycles. The Morgan fingerprint density at radius 1 is 0.321 bits per heavy atom. The first-order valence-corrected chi connectivity index (χ1v) is 27.8. The molecule has 0 radical (unpaired) electrons. The molecule has 0 amide bonds. The number of aromatic nitrogens is 1. The van der Waals surface area contributed by atoms with Crippen molar-refractivity contribution in [1.82, 2.24) is 4.57 Å². The van der Waals surface area contributed by atoms with Gasteiger partial charge in [0.25, 0.3) is 0 Å². The van der Waals surface area contributed by atoms with Crippen LogP contribution in [0.2, 0.25) is 0 Å². The first-order chi connectivity index (χ1) is 40.2. The van der Waals surface area contributed by atoms with Crippen LogP contribution in [0.15, 0.2) is 314 Å². The van der Waals surface area contributed by atoms with Crippen LogP contribution >= 0.6 is 0 Å². The van der Waals surface area contributed by atoms with Crippen molar-refractivity contribution in [2.45, 2.75) is 5.41 Å². The van der Waals surface area contributed by atoms with E-state index in [1.54, 1.807) is 0 Å². The molecule has 380 valence electrons. The second kappa shape index (κ2) is 18.8. The van der Waals surface area contributed by atoms with E-state index in [1.165, 1.54) is 60.4 Å². The minimum atomic E-state index is -0.506. The van der Waals surface area contributed by atoms with Crippen LogP contribution in [0.5, 0.6) is 0 Å². The molecule has 0 fully saturated rings. The van der Waals surface area contributed by atoms with Gasteiger partial charge in [-0.3, -0.25) is 0 Å². The maximum absolute atomic E-state index is 6.60. The molecule has 1 aliphatic rings. The van der Waals surface area contributed by atoms with Gasteiger partial charge in [0.1, 0.15) is 11.2 Å². The van der Waals surface area contributed by atoms with Crippen LogP contribution in [-0.2, 0) is 5.41 Å². The predicted octanol–water partition coefficient (Wildman–Crippen LogP) is 20.8. The third kappa shape index (κ3) is 7.24. The Bertz CT molecular complexity index is 4790. The summed E-state index contributed by atoms with van der Waals surface area (Å²) < 4.78 is 9.14. The van der Waals surface area contributed by atoms with Crippen LogP contribution in [0, 0.1) is 0 Å². The van der Waals surface area contributed by atoms with E-state index < -0.39 is 5.41 Å². The van der Waals surface area contributed by atoms with Crippen molar-refractivity contribution >= 4 is 88.6 Å². The number of furan rings is 1. The molecular weight excluding hydrogens is 983 g/mol. The molecule has 0 spiro atoms. The van der Waals surface area contributed by atoms with Gasteiger partial charge in [-0.1, -0.05) is 218 Å². The van der Waals surface area contributed by atoms with E-state index in [4.69, 9.17) is 4.42 Å². The van der Waals surface area contributed by atoms with Gasteiger partial charge < -0.3 is 18.8 Å². The number of anilines is 6. The first-order valence-electron chi connectivity index (χ1n) is 27.8. The van der Waals surface area contributed by atoms with E-state index in [1.807, 2.05) is 6.07 Å². The molecule has 2 heterocycles. The van der Waals surface area contributed by atoms with Gasteiger partial charge in [0.05, 0.1) is 27.5 Å². The highest BCUT2D eigenvalue weighted by molar-refractivity contribution is 6.23. The topological polar surface area (TPSA) is 24.6 Å². The zero-order valence-electron chi connectivity index (χ0n) is 44.2. The Morgan fingerprint density at radius 2 is 0.864 bits per heavy atom. The molecule has 16 rings (SSSR count). The number of hydrogen-bond donors (Lipinski definition) is 0. The highest BCUT2D eigenvalue weighted by Crippen LogP contribution is 2.57. The van der Waals surface area contributed by atoms with Gasteiger partial charge in [-0.25, -0.2) is 0 Å². The standard InChI is InChI=1S/C77H51N3O/c1-6-25-54(26-7-1)77(55-27-8-2-9-28-55)68-39-20-18-36-64(68)67-51-59(45-47-69(67)77)80-70-40-22-38-62(74(70)66-46-44-52-24-16-17-35-63(52)76(66)80)53-48-60(78(56-29-10-3-11-30-56)57-31-12-4-13-32-57)50-61(49-53)79(58-33-14-5-15-34-58)71-41-23-43-73-75(71)65-37-19-21-42-72(65)81-73/h1-51H. The average molecular weight is 1030 g/mol. The molecule has 0 N–H and O–H groups in total. The number of fused-ring (bicyclic) bond motifs is 11. The lowest BCUT2D eigenvalue weighted by Gasteiger charge is -2.33. The summed E-state index contributed by atoms with van der Waals surface area (Å²) in [7, 11) is 0. The van der Waals surface area contributed by atoms with E-state index in [9.17, 15) is 0 Å². The number of rotatable bonds is 10. The number of hydrogen-bond acceptors (Lipinski definition) is 3. The van der Waals surface area contributed by atoms with E-state index >= 15 is 0 Å². The van der Waals surface area contributed by atoms with Gasteiger partial charge in [0.2, 0.25) is 0 Å². The van der Waals surface area contributed by atoms with Crippen LogP contribution in [0.3, 0.4) is 0 Å². The van der Waals surface area contributed by atoms with Crippen molar-refractivity contribution < 1.29 is 4.42 Å². The largest absolute Gasteiger partial charge is 0.456 e. The molecule has 4 nitrogen and oxygen atoms in total. The third-order valence-corrected chi connectivity index (χ3v) is 16.8. The van der Waals surface area contributed by atoms with Gasteiger partial charge in [0.15, 0.2) is 0 Å². The zero-order chi connectivity index (χ0) is 53.4. The Kier molecular flexibility index (Phi) is 10.8. The SMILES string of the molecule is c1ccc(N(c2ccccc2)c2cc(-c3cccc4c3c3ccc5ccccc5c3n4-c3ccc4c(c3)-c3ccccc3C4(c3ccccc3)c3ccccc3)cc(N(c3ccccc3)c3cccc4oc5ccccc5c34)c2)cc1. The van der Waals surface area contributed by atoms with Gasteiger partial charge >= 0.3 is 0 Å². The van der Waals surface area contributed by atoms with Crippen molar-refractivity contribution in [2.75, 3.05) is 9.80 Å². The second-order valence-corrected chi connectivity index (χ2v) is 21.1. The summed E-state index contributed by atoms with van der Waals surface area (Å²) in [6, 6.07) is 113. The van der Waals surface area contributed by atoms with Crippen LogP contribution in [0.1, 0.15) is 22.3 Å². The first kappa shape index (κ1) is 46.4. The molecule has 81 heavy (non-hydrogen) atoms. The molecule has 0 unspecified atom stereocenters. The number of para-hydroxylation sites is 4. The lowest BCUT2D eigenvalue weighted by molar-refractivity contribution is 0.669. The smallest absolute Gasteiger partial charge is 0.137 e. The summed E-state index contributed by atoms with van der Waals surface area (Å²) in [4.78, 5) is 4.80. The van der Waals surface area contributed by atoms with Crippen LogP contribution in [-0.4, -0.2) is 4.57 Å². The molecular formula is C77H51N3O. The van der Waals surface area contributed by atoms with E-state index in [0.29, 0.717) is 0 Å². The summed E-state index contributed by atoms with van der Waals surface area (Å²) in [6.07, 6.45) is 0. The normalized spacial score (nSPS) is 12.5. The van der Waals surface area contributed by atoms with E-state index in [-0.39, 0.29) is 0 Å². The Hall–Kier alpha value is -10.7. The molecule has 0 saturated heterocycles. The molecule has 13 aromatic carbocycles. The minimum absolute atomic E-state index is 0.506. The molecule has 2 aromatic heterocycles. The monoisotopic (exact) mass is 1030 g/mol. The van der Waals surface area contributed by atoms with Crippen LogP contribution in [0.25, 0.3) is 82.5 Å². The Labute approximate surface area is 469 Å². The summed E-state index contributed by atoms with van der Waals surface area (Å²) in [6.45, 7) is 0. The molecule has 4 heteroatoms. The average Bonchev–Trinajstić information content (AvgIpc) is 4.19. The van der Waals surface area contributed by atoms with Gasteiger partial charge in [-0.2, -0.15) is 0 Å². The van der Waals surface area contributed by atoms with Gasteiger partial charge in [0, 0.05) is 55.7 Å². The van der Waals surface area contributed by atoms with Gasteiger partial charge in [-0.15, -0.1) is 0 Å². The molecule has 0 bridgehead atoms. The predicted molar refractivity (Wildman–Crippen MR) is 338 cm³/mol. The summed E-state index contributed by atoms with van der Waals surface area (Å²) >= 11 is 0. The van der Waals surface area contributed by atoms with Crippen molar-refractivity contribution in [3.63, 3.8) is 0 Å². The van der Waals surface area contributed by atoms with Gasteiger partial charge in [-0.05, 0) is 141 Å². The van der Waals surface area contributed by atoms with Crippen LogP contribution in [0.4, 0.5) is 34.1 Å². The maximum Gasteiger partial charge on any atom is 0.137 e. The van der Waals surface area contributed by atoms with Crippen molar-refractivity contribution in [3.8, 4) is 27.9 Å².